The summed E-state index contributed by atoms with van der Waals surface area (Å²) in [7, 11) is 0. The molecule has 0 saturated carbocycles. The van der Waals surface area contributed by atoms with Crippen LogP contribution in [-0.4, -0.2) is 30.5 Å². The molecule has 1 N–H and O–H groups in total. The molecule has 0 aliphatic heterocycles. The summed E-state index contributed by atoms with van der Waals surface area (Å²) in [5.41, 5.74) is 4.93. The zero-order valence-electron chi connectivity index (χ0n) is 18.2. The molecule has 0 aliphatic carbocycles. The quantitative estimate of drug-likeness (QED) is 0.431. The van der Waals surface area contributed by atoms with Gasteiger partial charge in [0.05, 0.1) is 40.8 Å². The Morgan fingerprint density at radius 2 is 1.82 bits per heavy atom. The van der Waals surface area contributed by atoms with Crippen LogP contribution >= 0.6 is 0 Å². The minimum atomic E-state index is -0.281. The number of benzene rings is 2. The third-order valence-corrected chi connectivity index (χ3v) is 5.34. The second-order valence-corrected chi connectivity index (χ2v) is 7.85. The van der Waals surface area contributed by atoms with Gasteiger partial charge in [0.1, 0.15) is 5.82 Å². The van der Waals surface area contributed by atoms with E-state index in [2.05, 4.69) is 20.5 Å². The molecule has 0 radical (unpaired) electrons. The monoisotopic (exact) mass is 440 g/mol. The Morgan fingerprint density at radius 1 is 1.06 bits per heavy atom. The summed E-state index contributed by atoms with van der Waals surface area (Å²) in [5.74, 6) is -0.542. The third-order valence-electron chi connectivity index (χ3n) is 5.34. The summed E-state index contributed by atoms with van der Waals surface area (Å²) < 4.78 is 16.6. The number of halogens is 1. The maximum absolute atomic E-state index is 13.2. The Hall–Kier alpha value is -4.33. The molecule has 0 aliphatic rings. The molecule has 1 amide bonds. The van der Waals surface area contributed by atoms with Crippen LogP contribution in [0.3, 0.4) is 0 Å². The normalized spacial score (nSPS) is 11.1. The molecule has 0 bridgehead atoms. The molecule has 3 heterocycles. The van der Waals surface area contributed by atoms with Crippen LogP contribution in [0.15, 0.2) is 73.1 Å². The van der Waals surface area contributed by atoms with Crippen LogP contribution in [0.4, 0.5) is 10.1 Å². The Kier molecular flexibility index (Phi) is 5.18. The second kappa shape index (κ2) is 8.31. The van der Waals surface area contributed by atoms with E-state index in [4.69, 9.17) is 0 Å². The Morgan fingerprint density at radius 3 is 2.58 bits per heavy atom. The smallest absolute Gasteiger partial charge is 0.256 e. The van der Waals surface area contributed by atoms with Crippen molar-refractivity contribution in [1.29, 1.82) is 0 Å². The van der Waals surface area contributed by atoms with Gasteiger partial charge in [0.25, 0.3) is 5.91 Å². The lowest BCUT2D eigenvalue weighted by molar-refractivity contribution is 0.102. The average Bonchev–Trinajstić information content (AvgIpc) is 3.39. The van der Waals surface area contributed by atoms with Gasteiger partial charge >= 0.3 is 0 Å². The molecule has 0 spiro atoms. The first-order valence-electron chi connectivity index (χ1n) is 10.5. The van der Waals surface area contributed by atoms with E-state index in [1.165, 1.54) is 12.1 Å². The van der Waals surface area contributed by atoms with Crippen molar-refractivity contribution >= 4 is 22.6 Å². The van der Waals surface area contributed by atoms with Gasteiger partial charge in [-0.05, 0) is 49.7 Å². The number of rotatable bonds is 5. The van der Waals surface area contributed by atoms with E-state index in [1.807, 2.05) is 44.2 Å². The summed E-state index contributed by atoms with van der Waals surface area (Å²) in [6.07, 6.45) is 3.33. The summed E-state index contributed by atoms with van der Waals surface area (Å²) in [4.78, 5) is 17.9. The molecular weight excluding hydrogens is 419 g/mol. The van der Waals surface area contributed by atoms with Gasteiger partial charge in [-0.1, -0.05) is 30.3 Å². The van der Waals surface area contributed by atoms with Gasteiger partial charge < -0.3 is 5.32 Å². The van der Waals surface area contributed by atoms with Crippen LogP contribution in [-0.2, 0) is 6.54 Å². The molecule has 7 nitrogen and oxygen atoms in total. The second-order valence-electron chi connectivity index (χ2n) is 7.85. The van der Waals surface area contributed by atoms with Crippen LogP contribution in [0.5, 0.6) is 0 Å². The van der Waals surface area contributed by atoms with E-state index in [1.54, 1.807) is 40.0 Å². The minimum absolute atomic E-state index is 0.262. The number of fused-ring (bicyclic) bond motifs is 1. The van der Waals surface area contributed by atoms with Gasteiger partial charge in [-0.2, -0.15) is 10.2 Å². The predicted molar refractivity (Wildman–Crippen MR) is 124 cm³/mol. The number of nitrogens with zero attached hydrogens (tertiary/aromatic N) is 5. The molecule has 164 valence electrons. The van der Waals surface area contributed by atoms with Crippen molar-refractivity contribution in [3.8, 4) is 5.69 Å². The van der Waals surface area contributed by atoms with Crippen molar-refractivity contribution in [3.63, 3.8) is 0 Å². The number of carbonyl (C=O) groups excluding carboxylic acids is 1. The number of pyridine rings is 1. The molecule has 0 fully saturated rings. The molecule has 2 aromatic carbocycles. The zero-order valence-corrected chi connectivity index (χ0v) is 18.2. The van der Waals surface area contributed by atoms with Crippen molar-refractivity contribution in [2.24, 2.45) is 0 Å². The molecule has 5 rings (SSSR count). The molecule has 8 heteroatoms. The highest BCUT2D eigenvalue weighted by atomic mass is 19.1. The number of amides is 1. The highest BCUT2D eigenvalue weighted by Crippen LogP contribution is 2.25. The first-order chi connectivity index (χ1) is 16.0. The highest BCUT2D eigenvalue weighted by molar-refractivity contribution is 6.12. The number of aryl methyl sites for hydroxylation is 2. The van der Waals surface area contributed by atoms with Gasteiger partial charge in [-0.25, -0.2) is 14.1 Å². The van der Waals surface area contributed by atoms with Crippen LogP contribution < -0.4 is 5.32 Å². The van der Waals surface area contributed by atoms with E-state index in [0.29, 0.717) is 28.8 Å². The van der Waals surface area contributed by atoms with E-state index in [0.717, 1.165) is 22.6 Å². The fourth-order valence-corrected chi connectivity index (χ4v) is 3.83. The van der Waals surface area contributed by atoms with Crippen LogP contribution in [0.25, 0.3) is 16.7 Å². The lowest BCUT2D eigenvalue weighted by Crippen LogP contribution is -2.13. The number of hydrogen-bond donors (Lipinski definition) is 1. The van der Waals surface area contributed by atoms with Gasteiger partial charge in [-0.3, -0.25) is 9.48 Å². The molecular formula is C25H21FN6O. The van der Waals surface area contributed by atoms with Gasteiger partial charge in [0, 0.05) is 11.9 Å². The number of aromatic nitrogens is 5. The number of nitrogens with one attached hydrogen (secondary N) is 1. The Labute approximate surface area is 189 Å². The third kappa shape index (κ3) is 4.10. The largest absolute Gasteiger partial charge is 0.319 e. The molecule has 33 heavy (non-hydrogen) atoms. The predicted octanol–water partition coefficient (Wildman–Crippen LogP) is 4.67. The fourth-order valence-electron chi connectivity index (χ4n) is 3.83. The minimum Gasteiger partial charge on any atom is -0.319 e. The average molecular weight is 440 g/mol. The number of carbonyl (C=O) groups is 1. The van der Waals surface area contributed by atoms with Crippen molar-refractivity contribution < 1.29 is 9.18 Å². The Bertz CT molecular complexity index is 1450. The van der Waals surface area contributed by atoms with E-state index < -0.39 is 0 Å². The standard InChI is InChI=1S/C25H21FN6O/c1-16-12-22(23-17(2)30-32(24(23)28-16)21-6-4-3-5-7-21)25(33)29-20-13-27-31(15-20)14-18-8-10-19(26)11-9-18/h3-13,15H,14H2,1-2H3,(H,29,33). The molecule has 3 aromatic heterocycles. The highest BCUT2D eigenvalue weighted by Gasteiger charge is 2.20. The number of para-hydroxylation sites is 1. The van der Waals surface area contributed by atoms with E-state index >= 15 is 0 Å². The lowest BCUT2D eigenvalue weighted by atomic mass is 10.1. The number of anilines is 1. The van der Waals surface area contributed by atoms with E-state index in [-0.39, 0.29) is 11.7 Å². The van der Waals surface area contributed by atoms with Crippen molar-refractivity contribution in [1.82, 2.24) is 24.5 Å². The number of hydrogen-bond acceptors (Lipinski definition) is 4. The summed E-state index contributed by atoms with van der Waals surface area (Å²) in [6, 6.07) is 17.7. The van der Waals surface area contributed by atoms with Gasteiger partial charge in [0.15, 0.2) is 5.65 Å². The summed E-state index contributed by atoms with van der Waals surface area (Å²) in [5, 5.41) is 12.6. The van der Waals surface area contributed by atoms with Gasteiger partial charge in [-0.15, -0.1) is 0 Å². The first kappa shape index (κ1) is 20.6. The van der Waals surface area contributed by atoms with Crippen molar-refractivity contribution in [2.45, 2.75) is 20.4 Å². The van der Waals surface area contributed by atoms with E-state index in [9.17, 15) is 9.18 Å². The summed E-state index contributed by atoms with van der Waals surface area (Å²) >= 11 is 0. The maximum atomic E-state index is 13.2. The van der Waals surface area contributed by atoms with Crippen LogP contribution in [0.1, 0.15) is 27.3 Å². The maximum Gasteiger partial charge on any atom is 0.256 e. The fraction of sp³-hybridized carbons (Fsp3) is 0.120. The van der Waals surface area contributed by atoms with Gasteiger partial charge in [0.2, 0.25) is 0 Å². The molecule has 0 saturated heterocycles. The SMILES string of the molecule is Cc1cc(C(=O)Nc2cnn(Cc3ccc(F)cc3)c2)c2c(C)nn(-c3ccccc3)c2n1. The lowest BCUT2D eigenvalue weighted by Gasteiger charge is -2.07. The summed E-state index contributed by atoms with van der Waals surface area (Å²) in [6.45, 7) is 4.20. The van der Waals surface area contributed by atoms with Crippen LogP contribution in [0, 0.1) is 19.7 Å². The van der Waals surface area contributed by atoms with Crippen LogP contribution in [0.2, 0.25) is 0 Å². The van der Waals surface area contributed by atoms with Crippen molar-refractivity contribution in [3.05, 3.63) is 101 Å². The van der Waals surface area contributed by atoms with Crippen molar-refractivity contribution in [2.75, 3.05) is 5.32 Å². The molecule has 5 aromatic rings. The topological polar surface area (TPSA) is 77.6 Å². The zero-order chi connectivity index (χ0) is 22.9. The molecule has 0 atom stereocenters. The first-order valence-corrected chi connectivity index (χ1v) is 10.5. The Balaban J connectivity index is 1.44. The molecule has 0 unspecified atom stereocenters.